The number of para-hydroxylation sites is 1. The van der Waals surface area contributed by atoms with E-state index in [-0.39, 0.29) is 23.3 Å². The molecule has 9 heteroatoms. The van der Waals surface area contributed by atoms with Gasteiger partial charge in [0.15, 0.2) is 5.13 Å². The zero-order chi connectivity index (χ0) is 20.4. The van der Waals surface area contributed by atoms with Crippen molar-refractivity contribution in [3.05, 3.63) is 94.0 Å². The molecule has 2 heterocycles. The van der Waals surface area contributed by atoms with Crippen molar-refractivity contribution in [2.24, 2.45) is 0 Å². The Bertz CT molecular complexity index is 1200. The molecule has 1 amide bonds. The van der Waals surface area contributed by atoms with Crippen LogP contribution in [0.15, 0.2) is 66.9 Å². The van der Waals surface area contributed by atoms with Crippen LogP contribution in [0.5, 0.6) is 0 Å². The number of rotatable bonds is 5. The van der Waals surface area contributed by atoms with Gasteiger partial charge in [-0.15, -0.1) is 0 Å². The molecule has 2 aromatic carbocycles. The number of hydrogen-bond acceptors (Lipinski definition) is 6. The average molecular weight is 408 g/mol. The summed E-state index contributed by atoms with van der Waals surface area (Å²) >= 11 is 1.19. The summed E-state index contributed by atoms with van der Waals surface area (Å²) in [5, 5.41) is 11.2. The molecule has 0 aliphatic rings. The minimum atomic E-state index is -0.532. The monoisotopic (exact) mass is 408 g/mol. The van der Waals surface area contributed by atoms with Crippen molar-refractivity contribution >= 4 is 38.3 Å². The van der Waals surface area contributed by atoms with E-state index in [1.165, 1.54) is 46.6 Å². The third kappa shape index (κ3) is 3.81. The molecule has 0 atom stereocenters. The van der Waals surface area contributed by atoms with Crippen LogP contribution in [-0.4, -0.2) is 20.8 Å². The Hall–Kier alpha value is -3.72. The van der Waals surface area contributed by atoms with Crippen LogP contribution in [-0.2, 0) is 6.54 Å². The topological polar surface area (TPSA) is 89.2 Å². The first-order valence-electron chi connectivity index (χ1n) is 8.54. The van der Waals surface area contributed by atoms with E-state index in [2.05, 4.69) is 9.97 Å². The lowest BCUT2D eigenvalue weighted by Gasteiger charge is -2.19. The van der Waals surface area contributed by atoms with Gasteiger partial charge in [-0.3, -0.25) is 24.8 Å². The SMILES string of the molecule is O=C(c1ccc([N+](=O)[O-])cc1)N(Cc1ccccn1)c1nc2c(F)cccc2s1. The van der Waals surface area contributed by atoms with E-state index in [1.54, 1.807) is 36.5 Å². The van der Waals surface area contributed by atoms with Gasteiger partial charge in [-0.1, -0.05) is 23.5 Å². The molecule has 0 spiro atoms. The van der Waals surface area contributed by atoms with Crippen molar-refractivity contribution in [3.8, 4) is 0 Å². The van der Waals surface area contributed by atoms with E-state index in [0.29, 0.717) is 15.5 Å². The van der Waals surface area contributed by atoms with E-state index in [0.717, 1.165) is 0 Å². The molecule has 0 aliphatic heterocycles. The number of nitro groups is 1. The Labute approximate surface area is 168 Å². The van der Waals surface area contributed by atoms with Crippen LogP contribution >= 0.6 is 11.3 Å². The van der Waals surface area contributed by atoms with Gasteiger partial charge in [0, 0.05) is 23.9 Å². The summed E-state index contributed by atoms with van der Waals surface area (Å²) in [5.41, 5.74) is 0.962. The number of aromatic nitrogens is 2. The zero-order valence-corrected chi connectivity index (χ0v) is 15.7. The molecule has 0 unspecified atom stereocenters. The minimum absolute atomic E-state index is 0.111. The Kier molecular flexibility index (Phi) is 4.96. The quantitative estimate of drug-likeness (QED) is 0.356. The van der Waals surface area contributed by atoms with Gasteiger partial charge in [0.1, 0.15) is 11.3 Å². The lowest BCUT2D eigenvalue weighted by atomic mass is 10.2. The molecule has 0 bridgehead atoms. The molecule has 144 valence electrons. The summed E-state index contributed by atoms with van der Waals surface area (Å²) in [6, 6.07) is 15.3. The number of carbonyl (C=O) groups excluding carboxylic acids is 1. The van der Waals surface area contributed by atoms with Gasteiger partial charge >= 0.3 is 0 Å². The number of nitrogens with zero attached hydrogens (tertiary/aromatic N) is 4. The molecule has 4 rings (SSSR count). The number of anilines is 1. The minimum Gasteiger partial charge on any atom is -0.278 e. The van der Waals surface area contributed by atoms with E-state index >= 15 is 0 Å². The maximum absolute atomic E-state index is 14.1. The van der Waals surface area contributed by atoms with Crippen LogP contribution in [0, 0.1) is 15.9 Å². The number of pyridine rings is 1. The second-order valence-corrected chi connectivity index (χ2v) is 7.11. The number of fused-ring (bicyclic) bond motifs is 1. The highest BCUT2D eigenvalue weighted by Gasteiger charge is 2.23. The lowest BCUT2D eigenvalue weighted by Crippen LogP contribution is -2.30. The maximum atomic E-state index is 14.1. The molecule has 0 saturated heterocycles. The molecular weight excluding hydrogens is 395 g/mol. The van der Waals surface area contributed by atoms with Crippen molar-refractivity contribution in [1.82, 2.24) is 9.97 Å². The smallest absolute Gasteiger partial charge is 0.269 e. The molecule has 7 nitrogen and oxygen atoms in total. The van der Waals surface area contributed by atoms with Gasteiger partial charge in [0.25, 0.3) is 11.6 Å². The van der Waals surface area contributed by atoms with Gasteiger partial charge in [-0.05, 0) is 36.4 Å². The van der Waals surface area contributed by atoms with Crippen molar-refractivity contribution in [2.45, 2.75) is 6.54 Å². The van der Waals surface area contributed by atoms with E-state index in [9.17, 15) is 19.3 Å². The summed E-state index contributed by atoms with van der Waals surface area (Å²) in [6.07, 6.45) is 1.61. The maximum Gasteiger partial charge on any atom is 0.269 e. The third-order valence-corrected chi connectivity index (χ3v) is 5.25. The number of nitro benzene ring substituents is 1. The van der Waals surface area contributed by atoms with Crippen molar-refractivity contribution in [2.75, 3.05) is 4.90 Å². The first kappa shape index (κ1) is 18.6. The van der Waals surface area contributed by atoms with Gasteiger partial charge < -0.3 is 0 Å². The third-order valence-electron chi connectivity index (χ3n) is 4.21. The van der Waals surface area contributed by atoms with Crippen molar-refractivity contribution in [3.63, 3.8) is 0 Å². The highest BCUT2D eigenvalue weighted by molar-refractivity contribution is 7.22. The number of halogens is 1. The molecule has 0 aliphatic carbocycles. The Morgan fingerprint density at radius 2 is 1.90 bits per heavy atom. The van der Waals surface area contributed by atoms with Crippen LogP contribution in [0.4, 0.5) is 15.2 Å². The van der Waals surface area contributed by atoms with E-state index in [1.807, 2.05) is 0 Å². The number of non-ortho nitro benzene ring substituents is 1. The molecule has 29 heavy (non-hydrogen) atoms. The Morgan fingerprint density at radius 1 is 1.10 bits per heavy atom. The fourth-order valence-electron chi connectivity index (χ4n) is 2.78. The fraction of sp³-hybridized carbons (Fsp3) is 0.0500. The second-order valence-electron chi connectivity index (χ2n) is 6.10. The Morgan fingerprint density at radius 3 is 2.55 bits per heavy atom. The number of amides is 1. The molecule has 0 N–H and O–H groups in total. The second kappa shape index (κ2) is 7.72. The standard InChI is InChI=1S/C20H13FN4O3S/c21-16-5-3-6-17-18(16)23-20(29-17)24(12-14-4-1-2-11-22-14)19(26)13-7-9-15(10-8-13)25(27)28/h1-11H,12H2. The number of benzene rings is 2. The lowest BCUT2D eigenvalue weighted by molar-refractivity contribution is -0.384. The van der Waals surface area contributed by atoms with Crippen LogP contribution in [0.25, 0.3) is 10.2 Å². The van der Waals surface area contributed by atoms with E-state index < -0.39 is 16.6 Å². The Balaban J connectivity index is 1.75. The van der Waals surface area contributed by atoms with E-state index in [4.69, 9.17) is 0 Å². The molecule has 0 saturated carbocycles. The first-order chi connectivity index (χ1) is 14.0. The summed E-state index contributed by atoms with van der Waals surface area (Å²) in [4.78, 5) is 33.5. The van der Waals surface area contributed by atoms with Crippen LogP contribution < -0.4 is 4.90 Å². The summed E-state index contributed by atoms with van der Waals surface area (Å²) < 4.78 is 14.7. The molecule has 0 fully saturated rings. The fourth-order valence-corrected chi connectivity index (χ4v) is 3.76. The van der Waals surface area contributed by atoms with Crippen LogP contribution in [0.1, 0.15) is 16.1 Å². The van der Waals surface area contributed by atoms with Crippen molar-refractivity contribution < 1.29 is 14.1 Å². The summed E-state index contributed by atoms with van der Waals surface area (Å²) in [6.45, 7) is 0.123. The molecule has 4 aromatic rings. The summed E-state index contributed by atoms with van der Waals surface area (Å²) in [7, 11) is 0. The largest absolute Gasteiger partial charge is 0.278 e. The average Bonchev–Trinajstić information content (AvgIpc) is 3.18. The molecule has 2 aromatic heterocycles. The first-order valence-corrected chi connectivity index (χ1v) is 9.36. The number of carbonyl (C=O) groups is 1. The normalized spacial score (nSPS) is 10.8. The predicted molar refractivity (Wildman–Crippen MR) is 107 cm³/mol. The highest BCUT2D eigenvalue weighted by Crippen LogP contribution is 2.32. The van der Waals surface area contributed by atoms with Crippen LogP contribution in [0.2, 0.25) is 0 Å². The van der Waals surface area contributed by atoms with Crippen LogP contribution in [0.3, 0.4) is 0 Å². The van der Waals surface area contributed by atoms with Gasteiger partial charge in [-0.2, -0.15) is 0 Å². The summed E-state index contributed by atoms with van der Waals surface area (Å²) in [5.74, 6) is -0.879. The van der Waals surface area contributed by atoms with Gasteiger partial charge in [-0.25, -0.2) is 9.37 Å². The molecule has 0 radical (unpaired) electrons. The predicted octanol–water partition coefficient (Wildman–Crippen LogP) is 4.59. The van der Waals surface area contributed by atoms with Gasteiger partial charge in [0.2, 0.25) is 0 Å². The highest BCUT2D eigenvalue weighted by atomic mass is 32.1. The van der Waals surface area contributed by atoms with Gasteiger partial charge in [0.05, 0.1) is 21.9 Å². The number of thiazole rings is 1. The zero-order valence-electron chi connectivity index (χ0n) is 14.9. The van der Waals surface area contributed by atoms with Crippen molar-refractivity contribution in [1.29, 1.82) is 0 Å². The molecular formula is C20H13FN4O3S. The number of hydrogen-bond donors (Lipinski definition) is 0.